The van der Waals surface area contributed by atoms with Gasteiger partial charge in [0.25, 0.3) is 0 Å². The molecule has 1 amide bonds. The molecule has 1 saturated heterocycles. The molecule has 0 aromatic heterocycles. The average molecular weight is 260 g/mol. The van der Waals surface area contributed by atoms with E-state index >= 15 is 0 Å². The number of piperidine rings is 1. The van der Waals surface area contributed by atoms with E-state index in [9.17, 15) is 4.79 Å². The summed E-state index contributed by atoms with van der Waals surface area (Å²) in [4.78, 5) is 14.4. The normalized spacial score (nSPS) is 23.4. The Hall–Kier alpha value is -1.35. The van der Waals surface area contributed by atoms with Gasteiger partial charge in [0.05, 0.1) is 6.42 Å². The molecule has 1 aromatic carbocycles. The molecule has 0 spiro atoms. The van der Waals surface area contributed by atoms with E-state index in [0.717, 1.165) is 18.5 Å². The summed E-state index contributed by atoms with van der Waals surface area (Å²) in [7, 11) is 0. The molecular weight excluding hydrogens is 236 g/mol. The standard InChI is InChI=1S/C16H24N2O/c1-12-5-7-14(8-6-12)10-16(19)18-9-3-4-13(2)15(18)11-17/h5-8,13,15H,3-4,9-11,17H2,1-2H3/t13-,15-/m0/s1. The summed E-state index contributed by atoms with van der Waals surface area (Å²) in [6.45, 7) is 5.68. The number of rotatable bonds is 3. The summed E-state index contributed by atoms with van der Waals surface area (Å²) in [6.07, 6.45) is 2.76. The maximum atomic E-state index is 12.4. The number of likely N-dealkylation sites (tertiary alicyclic amines) is 1. The zero-order chi connectivity index (χ0) is 13.8. The molecule has 1 aliphatic heterocycles. The fraction of sp³-hybridized carbons (Fsp3) is 0.562. The largest absolute Gasteiger partial charge is 0.338 e. The molecule has 104 valence electrons. The zero-order valence-electron chi connectivity index (χ0n) is 11.9. The van der Waals surface area contributed by atoms with E-state index in [1.54, 1.807) is 0 Å². The van der Waals surface area contributed by atoms with Crippen LogP contribution in [0.2, 0.25) is 0 Å². The minimum Gasteiger partial charge on any atom is -0.338 e. The van der Waals surface area contributed by atoms with Crippen molar-refractivity contribution in [3.8, 4) is 0 Å². The van der Waals surface area contributed by atoms with Gasteiger partial charge in [0, 0.05) is 19.1 Å². The monoisotopic (exact) mass is 260 g/mol. The Balaban J connectivity index is 2.04. The van der Waals surface area contributed by atoms with Crippen molar-refractivity contribution < 1.29 is 4.79 Å². The lowest BCUT2D eigenvalue weighted by Crippen LogP contribution is -2.51. The Morgan fingerprint density at radius 3 is 2.68 bits per heavy atom. The first-order chi connectivity index (χ1) is 9.11. The molecule has 2 N–H and O–H groups in total. The first kappa shape index (κ1) is 14.1. The lowest BCUT2D eigenvalue weighted by molar-refractivity contribution is -0.135. The Morgan fingerprint density at radius 1 is 1.37 bits per heavy atom. The summed E-state index contributed by atoms with van der Waals surface area (Å²) in [5.74, 6) is 0.728. The fourth-order valence-corrected chi connectivity index (χ4v) is 2.90. The molecule has 0 radical (unpaired) electrons. The molecule has 1 fully saturated rings. The number of hydrogen-bond acceptors (Lipinski definition) is 2. The van der Waals surface area contributed by atoms with E-state index in [-0.39, 0.29) is 11.9 Å². The highest BCUT2D eigenvalue weighted by molar-refractivity contribution is 5.79. The molecular formula is C16H24N2O. The molecule has 0 bridgehead atoms. The van der Waals surface area contributed by atoms with E-state index in [2.05, 4.69) is 26.0 Å². The lowest BCUT2D eigenvalue weighted by atomic mass is 9.90. The van der Waals surface area contributed by atoms with E-state index in [0.29, 0.717) is 18.9 Å². The third-order valence-electron chi connectivity index (χ3n) is 4.15. The van der Waals surface area contributed by atoms with Crippen molar-refractivity contribution in [2.45, 2.75) is 39.2 Å². The Kier molecular flexibility index (Phi) is 4.59. The highest BCUT2D eigenvalue weighted by Gasteiger charge is 2.30. The van der Waals surface area contributed by atoms with Gasteiger partial charge < -0.3 is 10.6 Å². The fourth-order valence-electron chi connectivity index (χ4n) is 2.90. The highest BCUT2D eigenvalue weighted by Crippen LogP contribution is 2.23. The van der Waals surface area contributed by atoms with Crippen LogP contribution in [0.25, 0.3) is 0 Å². The summed E-state index contributed by atoms with van der Waals surface area (Å²) in [6, 6.07) is 8.41. The van der Waals surface area contributed by atoms with Gasteiger partial charge in [-0.05, 0) is 31.2 Å². The van der Waals surface area contributed by atoms with E-state index < -0.39 is 0 Å². The molecule has 1 aliphatic rings. The van der Waals surface area contributed by atoms with Crippen LogP contribution < -0.4 is 5.73 Å². The van der Waals surface area contributed by atoms with Gasteiger partial charge >= 0.3 is 0 Å². The van der Waals surface area contributed by atoms with Crippen molar-refractivity contribution in [1.29, 1.82) is 0 Å². The van der Waals surface area contributed by atoms with Crippen molar-refractivity contribution in [3.63, 3.8) is 0 Å². The minimum atomic E-state index is 0.214. The maximum absolute atomic E-state index is 12.4. The number of aryl methyl sites for hydroxylation is 1. The first-order valence-electron chi connectivity index (χ1n) is 7.17. The third kappa shape index (κ3) is 3.35. The third-order valence-corrected chi connectivity index (χ3v) is 4.15. The summed E-state index contributed by atoms with van der Waals surface area (Å²) >= 11 is 0. The van der Waals surface area contributed by atoms with Gasteiger partial charge in [0.1, 0.15) is 0 Å². The second kappa shape index (κ2) is 6.20. The summed E-state index contributed by atoms with van der Waals surface area (Å²) in [5.41, 5.74) is 8.15. The van der Waals surface area contributed by atoms with Crippen LogP contribution in [0.5, 0.6) is 0 Å². The van der Waals surface area contributed by atoms with Crippen LogP contribution in [0.15, 0.2) is 24.3 Å². The van der Waals surface area contributed by atoms with Crippen LogP contribution in [0.1, 0.15) is 30.9 Å². The SMILES string of the molecule is Cc1ccc(CC(=O)N2CCC[C@H](C)[C@@H]2CN)cc1. The van der Waals surface area contributed by atoms with Crippen molar-refractivity contribution in [1.82, 2.24) is 4.90 Å². The lowest BCUT2D eigenvalue weighted by Gasteiger charge is -2.39. The molecule has 3 heteroatoms. The van der Waals surface area contributed by atoms with Gasteiger partial charge in [-0.3, -0.25) is 4.79 Å². The molecule has 1 heterocycles. The van der Waals surface area contributed by atoms with Crippen LogP contribution in [-0.2, 0) is 11.2 Å². The Labute approximate surface area is 115 Å². The van der Waals surface area contributed by atoms with Crippen molar-refractivity contribution in [3.05, 3.63) is 35.4 Å². The predicted molar refractivity (Wildman–Crippen MR) is 77.8 cm³/mol. The zero-order valence-corrected chi connectivity index (χ0v) is 11.9. The number of nitrogens with two attached hydrogens (primary N) is 1. The van der Waals surface area contributed by atoms with E-state index in [1.807, 2.05) is 17.0 Å². The molecule has 3 nitrogen and oxygen atoms in total. The van der Waals surface area contributed by atoms with E-state index in [4.69, 9.17) is 5.73 Å². The number of carbonyl (C=O) groups excluding carboxylic acids is 1. The van der Waals surface area contributed by atoms with Gasteiger partial charge in [0.2, 0.25) is 5.91 Å². The summed E-state index contributed by atoms with van der Waals surface area (Å²) in [5, 5.41) is 0. The Bertz CT molecular complexity index is 427. The van der Waals surface area contributed by atoms with Crippen molar-refractivity contribution in [2.24, 2.45) is 11.7 Å². The van der Waals surface area contributed by atoms with Crippen molar-refractivity contribution >= 4 is 5.91 Å². The van der Waals surface area contributed by atoms with Gasteiger partial charge in [-0.1, -0.05) is 36.8 Å². The highest BCUT2D eigenvalue weighted by atomic mass is 16.2. The van der Waals surface area contributed by atoms with Gasteiger partial charge in [-0.25, -0.2) is 0 Å². The van der Waals surface area contributed by atoms with Gasteiger partial charge in [-0.2, -0.15) is 0 Å². The van der Waals surface area contributed by atoms with Crippen LogP contribution in [-0.4, -0.2) is 29.9 Å². The van der Waals surface area contributed by atoms with Crippen LogP contribution in [0, 0.1) is 12.8 Å². The number of hydrogen-bond donors (Lipinski definition) is 1. The molecule has 0 unspecified atom stereocenters. The minimum absolute atomic E-state index is 0.214. The molecule has 0 aliphatic carbocycles. The van der Waals surface area contributed by atoms with Gasteiger partial charge in [-0.15, -0.1) is 0 Å². The average Bonchev–Trinajstić information content (AvgIpc) is 2.41. The molecule has 2 rings (SSSR count). The first-order valence-corrected chi connectivity index (χ1v) is 7.17. The Morgan fingerprint density at radius 2 is 2.05 bits per heavy atom. The number of benzene rings is 1. The number of amides is 1. The second-order valence-corrected chi connectivity index (χ2v) is 5.67. The van der Waals surface area contributed by atoms with E-state index in [1.165, 1.54) is 12.0 Å². The molecule has 0 saturated carbocycles. The van der Waals surface area contributed by atoms with Crippen molar-refractivity contribution in [2.75, 3.05) is 13.1 Å². The van der Waals surface area contributed by atoms with Crippen LogP contribution in [0.4, 0.5) is 0 Å². The molecule has 2 atom stereocenters. The quantitative estimate of drug-likeness (QED) is 0.905. The summed E-state index contributed by atoms with van der Waals surface area (Å²) < 4.78 is 0. The smallest absolute Gasteiger partial charge is 0.227 e. The maximum Gasteiger partial charge on any atom is 0.227 e. The van der Waals surface area contributed by atoms with Gasteiger partial charge in [0.15, 0.2) is 0 Å². The number of nitrogens with zero attached hydrogens (tertiary/aromatic N) is 1. The van der Waals surface area contributed by atoms with Crippen LogP contribution in [0.3, 0.4) is 0 Å². The molecule has 1 aromatic rings. The number of carbonyl (C=O) groups is 1. The second-order valence-electron chi connectivity index (χ2n) is 5.67. The van der Waals surface area contributed by atoms with Crippen LogP contribution >= 0.6 is 0 Å². The predicted octanol–water partition coefficient (Wildman–Crippen LogP) is 2.12. The molecule has 19 heavy (non-hydrogen) atoms. The topological polar surface area (TPSA) is 46.3 Å².